The first-order valence-electron chi connectivity index (χ1n) is 11.2. The molecule has 1 aliphatic rings. The molecule has 0 saturated carbocycles. The molecule has 8 nitrogen and oxygen atoms in total. The SMILES string of the molecule is CCOC(=O)C1=C(C)N=c2sc(=Cc3ccc(Cl)c(Cl)c3)c(=O)n2[C@H]1c1ccc(OC(C)=O)c(OC)c1. The maximum Gasteiger partial charge on any atom is 0.338 e. The number of hydrogen-bond acceptors (Lipinski definition) is 8. The fraction of sp³-hybridized carbons (Fsp3) is 0.231. The third kappa shape index (κ3) is 5.34. The summed E-state index contributed by atoms with van der Waals surface area (Å²) in [6, 6.07) is 9.04. The Labute approximate surface area is 226 Å². The average Bonchev–Trinajstić information content (AvgIpc) is 3.15. The fourth-order valence-electron chi connectivity index (χ4n) is 3.95. The number of ether oxygens (including phenoxy) is 3. The monoisotopic (exact) mass is 560 g/mol. The van der Waals surface area contributed by atoms with Gasteiger partial charge in [-0.2, -0.15) is 0 Å². The lowest BCUT2D eigenvalue weighted by Crippen LogP contribution is -2.40. The van der Waals surface area contributed by atoms with Gasteiger partial charge in [0.05, 0.1) is 45.6 Å². The van der Waals surface area contributed by atoms with Crippen LogP contribution in [0.2, 0.25) is 10.0 Å². The second-order valence-corrected chi connectivity index (χ2v) is 9.80. The number of aromatic nitrogens is 1. The van der Waals surface area contributed by atoms with Crippen LogP contribution in [-0.4, -0.2) is 30.2 Å². The van der Waals surface area contributed by atoms with E-state index in [9.17, 15) is 14.4 Å². The van der Waals surface area contributed by atoms with Gasteiger partial charge >= 0.3 is 11.9 Å². The molecule has 11 heteroatoms. The maximum absolute atomic E-state index is 13.7. The molecule has 0 bridgehead atoms. The van der Waals surface area contributed by atoms with Gasteiger partial charge in [-0.25, -0.2) is 9.79 Å². The molecule has 0 N–H and O–H groups in total. The predicted molar refractivity (Wildman–Crippen MR) is 141 cm³/mol. The number of rotatable bonds is 6. The van der Waals surface area contributed by atoms with Gasteiger partial charge in [0.15, 0.2) is 16.3 Å². The van der Waals surface area contributed by atoms with E-state index in [0.29, 0.717) is 36.2 Å². The van der Waals surface area contributed by atoms with E-state index < -0.39 is 18.0 Å². The summed E-state index contributed by atoms with van der Waals surface area (Å²) in [6.07, 6.45) is 1.69. The van der Waals surface area contributed by atoms with Crippen LogP contribution in [0.15, 0.2) is 57.5 Å². The molecule has 192 valence electrons. The van der Waals surface area contributed by atoms with Crippen LogP contribution in [0, 0.1) is 0 Å². The minimum absolute atomic E-state index is 0.152. The van der Waals surface area contributed by atoms with Crippen molar-refractivity contribution in [2.45, 2.75) is 26.8 Å². The number of carbonyl (C=O) groups is 2. The Morgan fingerprint density at radius 2 is 1.89 bits per heavy atom. The van der Waals surface area contributed by atoms with Crippen molar-refractivity contribution in [3.63, 3.8) is 0 Å². The number of allylic oxidation sites excluding steroid dienone is 1. The molecular formula is C26H22Cl2N2O6S. The quantitative estimate of drug-likeness (QED) is 0.333. The molecule has 3 aromatic rings. The summed E-state index contributed by atoms with van der Waals surface area (Å²) in [5, 5.41) is 0.766. The minimum Gasteiger partial charge on any atom is -0.493 e. The highest BCUT2D eigenvalue weighted by atomic mass is 35.5. The summed E-state index contributed by atoms with van der Waals surface area (Å²) in [6.45, 7) is 4.83. The van der Waals surface area contributed by atoms with E-state index in [-0.39, 0.29) is 29.2 Å². The number of methoxy groups -OCH3 is 1. The second-order valence-electron chi connectivity index (χ2n) is 7.98. The summed E-state index contributed by atoms with van der Waals surface area (Å²) >= 11 is 13.4. The van der Waals surface area contributed by atoms with Crippen LogP contribution in [0.5, 0.6) is 11.5 Å². The van der Waals surface area contributed by atoms with Crippen LogP contribution in [-0.2, 0) is 14.3 Å². The predicted octanol–water partition coefficient (Wildman–Crippen LogP) is 4.04. The van der Waals surface area contributed by atoms with Crippen molar-refractivity contribution < 1.29 is 23.8 Å². The molecule has 2 heterocycles. The van der Waals surface area contributed by atoms with Crippen LogP contribution in [0.25, 0.3) is 6.08 Å². The Bertz CT molecular complexity index is 1620. The Balaban J connectivity index is 1.95. The normalized spacial score (nSPS) is 15.2. The number of thiazole rings is 1. The first kappa shape index (κ1) is 26.7. The molecule has 0 spiro atoms. The van der Waals surface area contributed by atoms with Crippen molar-refractivity contribution in [1.29, 1.82) is 0 Å². The van der Waals surface area contributed by atoms with Crippen molar-refractivity contribution in [2.75, 3.05) is 13.7 Å². The highest BCUT2D eigenvalue weighted by molar-refractivity contribution is 7.07. The maximum atomic E-state index is 13.7. The molecule has 1 aromatic heterocycles. The summed E-state index contributed by atoms with van der Waals surface area (Å²) in [5.41, 5.74) is 1.53. The topological polar surface area (TPSA) is 96.2 Å². The van der Waals surface area contributed by atoms with Crippen LogP contribution in [0.1, 0.15) is 37.9 Å². The zero-order valence-electron chi connectivity index (χ0n) is 20.3. The lowest BCUT2D eigenvalue weighted by molar-refractivity contribution is -0.139. The van der Waals surface area contributed by atoms with Gasteiger partial charge in [0.1, 0.15) is 0 Å². The molecule has 1 atom stereocenters. The number of nitrogens with zero attached hydrogens (tertiary/aromatic N) is 2. The molecule has 2 aromatic carbocycles. The third-order valence-corrected chi connectivity index (χ3v) is 7.24. The van der Waals surface area contributed by atoms with Gasteiger partial charge < -0.3 is 14.2 Å². The largest absolute Gasteiger partial charge is 0.493 e. The number of halogens is 2. The number of benzene rings is 2. The molecule has 0 unspecified atom stereocenters. The van der Waals surface area contributed by atoms with E-state index >= 15 is 0 Å². The minimum atomic E-state index is -0.855. The van der Waals surface area contributed by atoms with Crippen molar-refractivity contribution in [2.24, 2.45) is 4.99 Å². The number of esters is 2. The Morgan fingerprint density at radius 1 is 1.14 bits per heavy atom. The van der Waals surface area contributed by atoms with Gasteiger partial charge in [0, 0.05) is 6.92 Å². The molecule has 4 rings (SSSR count). The molecule has 0 amide bonds. The van der Waals surface area contributed by atoms with Crippen molar-refractivity contribution in [3.05, 3.63) is 88.5 Å². The molecule has 0 saturated heterocycles. The standard InChI is InChI=1S/C26H22Cl2N2O6S/c1-5-35-25(33)22-13(2)29-26-30(23(22)16-7-9-19(36-14(3)31)20(12-16)34-4)24(32)21(37-26)11-15-6-8-17(27)18(28)10-15/h6-12,23H,5H2,1-4H3/t23-/m0/s1. The van der Waals surface area contributed by atoms with Crippen LogP contribution < -0.4 is 24.4 Å². The second kappa shape index (κ2) is 10.9. The highest BCUT2D eigenvalue weighted by Gasteiger charge is 2.34. The van der Waals surface area contributed by atoms with E-state index in [1.54, 1.807) is 56.3 Å². The van der Waals surface area contributed by atoms with Gasteiger partial charge in [-0.3, -0.25) is 14.2 Å². The fourth-order valence-corrected chi connectivity index (χ4v) is 5.31. The number of hydrogen-bond donors (Lipinski definition) is 0. The molecule has 37 heavy (non-hydrogen) atoms. The summed E-state index contributed by atoms with van der Waals surface area (Å²) in [7, 11) is 1.43. The molecule has 0 radical (unpaired) electrons. The lowest BCUT2D eigenvalue weighted by atomic mass is 9.95. The van der Waals surface area contributed by atoms with E-state index in [2.05, 4.69) is 4.99 Å². The van der Waals surface area contributed by atoms with Gasteiger partial charge in [0.25, 0.3) is 5.56 Å². The van der Waals surface area contributed by atoms with Gasteiger partial charge in [0.2, 0.25) is 0 Å². The first-order valence-corrected chi connectivity index (χ1v) is 12.7. The molecule has 0 aliphatic carbocycles. The van der Waals surface area contributed by atoms with E-state index in [4.69, 9.17) is 37.4 Å². The Hall–Kier alpha value is -3.40. The van der Waals surface area contributed by atoms with Crippen molar-refractivity contribution >= 4 is 52.6 Å². The highest BCUT2D eigenvalue weighted by Crippen LogP contribution is 2.36. The number of fused-ring (bicyclic) bond motifs is 1. The van der Waals surface area contributed by atoms with Crippen LogP contribution >= 0.6 is 34.5 Å². The third-order valence-electron chi connectivity index (χ3n) is 5.52. The van der Waals surface area contributed by atoms with Gasteiger partial charge in [-0.1, -0.05) is 46.7 Å². The van der Waals surface area contributed by atoms with E-state index in [0.717, 1.165) is 0 Å². The van der Waals surface area contributed by atoms with Crippen LogP contribution in [0.3, 0.4) is 0 Å². The van der Waals surface area contributed by atoms with E-state index in [1.807, 2.05) is 0 Å². The Kier molecular flexibility index (Phi) is 7.87. The lowest BCUT2D eigenvalue weighted by Gasteiger charge is -2.25. The zero-order valence-corrected chi connectivity index (χ0v) is 22.7. The Morgan fingerprint density at radius 3 is 2.54 bits per heavy atom. The van der Waals surface area contributed by atoms with Crippen LogP contribution in [0.4, 0.5) is 0 Å². The zero-order chi connectivity index (χ0) is 26.9. The van der Waals surface area contributed by atoms with Gasteiger partial charge in [-0.05, 0) is 55.3 Å². The number of carbonyl (C=O) groups excluding carboxylic acids is 2. The first-order chi connectivity index (χ1) is 17.6. The van der Waals surface area contributed by atoms with Gasteiger partial charge in [-0.15, -0.1) is 0 Å². The average molecular weight is 561 g/mol. The summed E-state index contributed by atoms with van der Waals surface area (Å²) in [4.78, 5) is 43.2. The summed E-state index contributed by atoms with van der Waals surface area (Å²) < 4.78 is 17.8. The van der Waals surface area contributed by atoms with Crippen molar-refractivity contribution in [1.82, 2.24) is 4.57 Å². The smallest absolute Gasteiger partial charge is 0.338 e. The summed E-state index contributed by atoms with van der Waals surface area (Å²) in [5.74, 6) is -0.618. The van der Waals surface area contributed by atoms with Crippen molar-refractivity contribution in [3.8, 4) is 11.5 Å². The van der Waals surface area contributed by atoms with E-state index in [1.165, 1.54) is 29.9 Å². The molecular weight excluding hydrogens is 539 g/mol. The molecule has 1 aliphatic heterocycles. The molecule has 0 fully saturated rings.